The normalized spacial score (nSPS) is 13.5. The van der Waals surface area contributed by atoms with Crippen LogP contribution in [0.5, 0.6) is 0 Å². The van der Waals surface area contributed by atoms with Crippen LogP contribution in [0.2, 0.25) is 0 Å². The van der Waals surface area contributed by atoms with Gasteiger partial charge in [-0.3, -0.25) is 4.98 Å². The van der Waals surface area contributed by atoms with Crippen molar-refractivity contribution in [2.75, 3.05) is 36.0 Å². The molecule has 7 heteroatoms. The lowest BCUT2D eigenvalue weighted by molar-refractivity contribution is 0.628. The summed E-state index contributed by atoms with van der Waals surface area (Å²) in [5, 5.41) is 0. The van der Waals surface area contributed by atoms with E-state index in [4.69, 9.17) is 9.97 Å². The highest BCUT2D eigenvalue weighted by atomic mass is 19.1. The number of anilines is 2. The molecule has 1 fully saturated rings. The predicted molar refractivity (Wildman–Crippen MR) is 145 cm³/mol. The van der Waals surface area contributed by atoms with Gasteiger partial charge in [-0.1, -0.05) is 48.5 Å². The minimum Gasteiger partial charge on any atom is -0.353 e. The lowest BCUT2D eigenvalue weighted by Crippen LogP contribution is -2.47. The Bertz CT molecular complexity index is 1480. The van der Waals surface area contributed by atoms with Crippen LogP contribution in [0.3, 0.4) is 0 Å². The summed E-state index contributed by atoms with van der Waals surface area (Å²) in [6, 6.07) is 26.5. The molecule has 6 rings (SSSR count). The molecule has 0 unspecified atom stereocenters. The molecular formula is C30H25FN6. The number of benzene rings is 2. The van der Waals surface area contributed by atoms with E-state index >= 15 is 0 Å². The number of hydrogen-bond donors (Lipinski definition) is 0. The van der Waals surface area contributed by atoms with Gasteiger partial charge < -0.3 is 9.80 Å². The van der Waals surface area contributed by atoms with E-state index in [2.05, 4.69) is 19.8 Å². The van der Waals surface area contributed by atoms with Gasteiger partial charge in [-0.25, -0.2) is 19.3 Å². The summed E-state index contributed by atoms with van der Waals surface area (Å²) >= 11 is 0. The summed E-state index contributed by atoms with van der Waals surface area (Å²) in [6.45, 7) is 3.38. The molecule has 0 radical (unpaired) electrons. The van der Waals surface area contributed by atoms with E-state index in [9.17, 15) is 4.39 Å². The SMILES string of the molecule is Fc1ccc(-c2cncc(-c3cc(N4CCN(c5ccccn5)CC4)nc(-c4ccccc4)n3)c2)cc1. The first-order valence-electron chi connectivity index (χ1n) is 12.3. The quantitative estimate of drug-likeness (QED) is 0.315. The van der Waals surface area contributed by atoms with E-state index in [1.165, 1.54) is 12.1 Å². The third-order valence-corrected chi connectivity index (χ3v) is 6.53. The van der Waals surface area contributed by atoms with Crippen molar-refractivity contribution in [3.05, 3.63) is 109 Å². The first-order valence-corrected chi connectivity index (χ1v) is 12.3. The monoisotopic (exact) mass is 488 g/mol. The molecule has 2 aromatic carbocycles. The lowest BCUT2D eigenvalue weighted by Gasteiger charge is -2.36. The molecule has 37 heavy (non-hydrogen) atoms. The minimum atomic E-state index is -0.260. The third-order valence-electron chi connectivity index (χ3n) is 6.53. The Morgan fingerprint density at radius 1 is 0.595 bits per heavy atom. The molecule has 0 atom stereocenters. The van der Waals surface area contributed by atoms with Gasteiger partial charge in [-0.15, -0.1) is 0 Å². The van der Waals surface area contributed by atoms with Crippen LogP contribution in [0.4, 0.5) is 16.0 Å². The predicted octanol–water partition coefficient (Wildman–Crippen LogP) is 5.73. The second-order valence-corrected chi connectivity index (χ2v) is 8.93. The van der Waals surface area contributed by atoms with Gasteiger partial charge in [0.1, 0.15) is 17.5 Å². The van der Waals surface area contributed by atoms with Gasteiger partial charge in [-0.05, 0) is 35.9 Å². The van der Waals surface area contributed by atoms with Gasteiger partial charge in [0, 0.05) is 67.5 Å². The van der Waals surface area contributed by atoms with Gasteiger partial charge in [0.25, 0.3) is 0 Å². The van der Waals surface area contributed by atoms with Crippen molar-refractivity contribution in [1.82, 2.24) is 19.9 Å². The highest BCUT2D eigenvalue weighted by Gasteiger charge is 2.21. The fraction of sp³-hybridized carbons (Fsp3) is 0.133. The van der Waals surface area contributed by atoms with Crippen molar-refractivity contribution >= 4 is 11.6 Å². The van der Waals surface area contributed by atoms with Crippen LogP contribution in [0.1, 0.15) is 0 Å². The maximum atomic E-state index is 13.5. The van der Waals surface area contributed by atoms with E-state index in [-0.39, 0.29) is 5.82 Å². The van der Waals surface area contributed by atoms with E-state index in [1.54, 1.807) is 18.3 Å². The number of rotatable bonds is 5. The maximum Gasteiger partial charge on any atom is 0.162 e. The standard InChI is InChI=1S/C30H25FN6/c31-26-11-9-22(10-12-26)24-18-25(21-32-20-24)27-19-29(35-30(34-27)23-6-2-1-3-7-23)37-16-14-36(15-17-37)28-8-4-5-13-33-28/h1-13,18-21H,14-17H2. The van der Waals surface area contributed by atoms with E-state index in [0.717, 1.165) is 65.8 Å². The summed E-state index contributed by atoms with van der Waals surface area (Å²) in [5.74, 6) is 2.30. The molecule has 0 bridgehead atoms. The molecule has 4 heterocycles. The summed E-state index contributed by atoms with van der Waals surface area (Å²) in [5.41, 5.74) is 4.45. The number of nitrogens with zero attached hydrogens (tertiary/aromatic N) is 6. The molecule has 5 aromatic rings. The van der Waals surface area contributed by atoms with Crippen LogP contribution in [-0.2, 0) is 0 Å². The van der Waals surface area contributed by atoms with Crippen LogP contribution in [-0.4, -0.2) is 46.1 Å². The first-order chi connectivity index (χ1) is 18.2. The Kier molecular flexibility index (Phi) is 6.25. The van der Waals surface area contributed by atoms with Crippen molar-refractivity contribution < 1.29 is 4.39 Å². The molecule has 6 nitrogen and oxygen atoms in total. The van der Waals surface area contributed by atoms with Crippen molar-refractivity contribution in [1.29, 1.82) is 0 Å². The topological polar surface area (TPSA) is 58.0 Å². The molecular weight excluding hydrogens is 463 g/mol. The zero-order chi connectivity index (χ0) is 25.0. The summed E-state index contributed by atoms with van der Waals surface area (Å²) in [6.07, 6.45) is 5.43. The molecule has 0 N–H and O–H groups in total. The Hall–Kier alpha value is -4.65. The first kappa shape index (κ1) is 22.8. The molecule has 0 amide bonds. The van der Waals surface area contributed by atoms with Gasteiger partial charge in [0.05, 0.1) is 5.69 Å². The fourth-order valence-electron chi connectivity index (χ4n) is 4.55. The number of hydrogen-bond acceptors (Lipinski definition) is 6. The van der Waals surface area contributed by atoms with Crippen LogP contribution in [0, 0.1) is 5.82 Å². The zero-order valence-electron chi connectivity index (χ0n) is 20.2. The average molecular weight is 489 g/mol. The molecule has 0 spiro atoms. The Labute approximate surface area is 215 Å². The Morgan fingerprint density at radius 2 is 1.30 bits per heavy atom. The number of aromatic nitrogens is 4. The fourth-order valence-corrected chi connectivity index (χ4v) is 4.55. The van der Waals surface area contributed by atoms with Crippen LogP contribution in [0.15, 0.2) is 104 Å². The van der Waals surface area contributed by atoms with Crippen molar-refractivity contribution in [2.45, 2.75) is 0 Å². The lowest BCUT2D eigenvalue weighted by atomic mass is 10.0. The van der Waals surface area contributed by atoms with Crippen LogP contribution >= 0.6 is 0 Å². The third kappa shape index (κ3) is 5.02. The maximum absolute atomic E-state index is 13.5. The molecule has 1 saturated heterocycles. The van der Waals surface area contributed by atoms with Gasteiger partial charge in [0.2, 0.25) is 0 Å². The van der Waals surface area contributed by atoms with Gasteiger partial charge in [-0.2, -0.15) is 0 Å². The second kappa shape index (κ2) is 10.1. The summed E-state index contributed by atoms with van der Waals surface area (Å²) in [4.78, 5) is 23.4. The Morgan fingerprint density at radius 3 is 2.03 bits per heavy atom. The molecule has 3 aromatic heterocycles. The van der Waals surface area contributed by atoms with Crippen LogP contribution < -0.4 is 9.80 Å². The minimum absolute atomic E-state index is 0.260. The highest BCUT2D eigenvalue weighted by molar-refractivity contribution is 5.73. The molecule has 182 valence electrons. The van der Waals surface area contributed by atoms with Crippen molar-refractivity contribution in [3.63, 3.8) is 0 Å². The number of piperazine rings is 1. The van der Waals surface area contributed by atoms with Crippen molar-refractivity contribution in [3.8, 4) is 33.8 Å². The van der Waals surface area contributed by atoms with Crippen LogP contribution in [0.25, 0.3) is 33.8 Å². The largest absolute Gasteiger partial charge is 0.353 e. The van der Waals surface area contributed by atoms with E-state index in [1.807, 2.05) is 73.1 Å². The second-order valence-electron chi connectivity index (χ2n) is 8.93. The van der Waals surface area contributed by atoms with Gasteiger partial charge in [0.15, 0.2) is 5.82 Å². The summed E-state index contributed by atoms with van der Waals surface area (Å²) in [7, 11) is 0. The summed E-state index contributed by atoms with van der Waals surface area (Å²) < 4.78 is 13.5. The molecule has 1 aliphatic heterocycles. The Balaban J connectivity index is 1.35. The molecule has 0 saturated carbocycles. The molecule has 1 aliphatic rings. The average Bonchev–Trinajstić information content (AvgIpc) is 2.98. The number of halogens is 1. The smallest absolute Gasteiger partial charge is 0.162 e. The highest BCUT2D eigenvalue weighted by Crippen LogP contribution is 2.29. The van der Waals surface area contributed by atoms with Gasteiger partial charge >= 0.3 is 0 Å². The zero-order valence-corrected chi connectivity index (χ0v) is 20.2. The van der Waals surface area contributed by atoms with E-state index in [0.29, 0.717) is 5.82 Å². The number of pyridine rings is 2. The van der Waals surface area contributed by atoms with Crippen molar-refractivity contribution in [2.24, 2.45) is 0 Å². The van der Waals surface area contributed by atoms with E-state index < -0.39 is 0 Å². The molecule has 0 aliphatic carbocycles.